The number of carbonyl (C=O) groups excluding carboxylic acids is 1. The van der Waals surface area contributed by atoms with Crippen molar-refractivity contribution in [3.63, 3.8) is 0 Å². The summed E-state index contributed by atoms with van der Waals surface area (Å²) in [5.41, 5.74) is 3.58. The van der Waals surface area contributed by atoms with Crippen molar-refractivity contribution in [1.82, 2.24) is 4.90 Å². The lowest BCUT2D eigenvalue weighted by Gasteiger charge is -2.38. The van der Waals surface area contributed by atoms with Crippen LogP contribution in [0.5, 0.6) is 0 Å². The fourth-order valence-electron chi connectivity index (χ4n) is 3.17. The standard InChI is InChI=1S/C19H22N2O/c1-20(2)19(22)18(16-10-4-3-5-11-16)21-14-8-12-15-9-6-7-13-17(15)21/h3-7,9-11,13,18H,8,12,14H2,1-2H3. The summed E-state index contributed by atoms with van der Waals surface area (Å²) in [7, 11) is 3.66. The average molecular weight is 294 g/mol. The van der Waals surface area contributed by atoms with E-state index < -0.39 is 0 Å². The highest BCUT2D eigenvalue weighted by Gasteiger charge is 2.31. The van der Waals surface area contributed by atoms with Gasteiger partial charge < -0.3 is 9.80 Å². The Balaban J connectivity index is 2.06. The highest BCUT2D eigenvalue weighted by molar-refractivity contribution is 5.87. The number of carbonyl (C=O) groups is 1. The van der Waals surface area contributed by atoms with Crippen LogP contribution in [0.2, 0.25) is 0 Å². The van der Waals surface area contributed by atoms with Gasteiger partial charge in [-0.25, -0.2) is 0 Å². The molecule has 3 rings (SSSR count). The van der Waals surface area contributed by atoms with E-state index in [1.807, 2.05) is 44.4 Å². The first-order valence-corrected chi connectivity index (χ1v) is 7.79. The molecule has 0 saturated heterocycles. The van der Waals surface area contributed by atoms with Crippen molar-refractivity contribution in [3.05, 3.63) is 65.7 Å². The number of amides is 1. The summed E-state index contributed by atoms with van der Waals surface area (Å²) >= 11 is 0. The molecule has 0 radical (unpaired) electrons. The van der Waals surface area contributed by atoms with E-state index in [-0.39, 0.29) is 11.9 Å². The van der Waals surface area contributed by atoms with Crippen LogP contribution in [-0.4, -0.2) is 31.4 Å². The molecule has 0 saturated carbocycles. The van der Waals surface area contributed by atoms with Crippen LogP contribution in [0.3, 0.4) is 0 Å². The molecule has 1 aliphatic heterocycles. The molecule has 114 valence electrons. The van der Waals surface area contributed by atoms with Crippen molar-refractivity contribution in [2.75, 3.05) is 25.5 Å². The molecule has 1 heterocycles. The SMILES string of the molecule is CN(C)C(=O)C(c1ccccc1)N1CCCc2ccccc21. The monoisotopic (exact) mass is 294 g/mol. The number of aryl methyl sites for hydroxylation is 1. The molecule has 1 amide bonds. The van der Waals surface area contributed by atoms with Crippen LogP contribution in [0, 0.1) is 0 Å². The summed E-state index contributed by atoms with van der Waals surface area (Å²) in [6.45, 7) is 0.913. The average Bonchev–Trinajstić information content (AvgIpc) is 2.56. The first-order chi connectivity index (χ1) is 10.7. The van der Waals surface area contributed by atoms with Gasteiger partial charge in [-0.05, 0) is 30.0 Å². The van der Waals surface area contributed by atoms with Crippen molar-refractivity contribution in [3.8, 4) is 0 Å². The largest absolute Gasteiger partial charge is 0.356 e. The number of hydrogen-bond acceptors (Lipinski definition) is 2. The smallest absolute Gasteiger partial charge is 0.249 e. The van der Waals surface area contributed by atoms with E-state index in [2.05, 4.69) is 29.2 Å². The zero-order chi connectivity index (χ0) is 15.5. The molecule has 1 aliphatic rings. The molecule has 3 heteroatoms. The maximum absolute atomic E-state index is 12.8. The van der Waals surface area contributed by atoms with E-state index in [0.717, 1.165) is 24.9 Å². The normalized spacial score (nSPS) is 15.1. The van der Waals surface area contributed by atoms with Crippen LogP contribution in [0.1, 0.15) is 23.6 Å². The van der Waals surface area contributed by atoms with Gasteiger partial charge in [0.15, 0.2) is 0 Å². The lowest BCUT2D eigenvalue weighted by molar-refractivity contribution is -0.130. The second-order valence-electron chi connectivity index (χ2n) is 5.97. The van der Waals surface area contributed by atoms with Crippen molar-refractivity contribution < 1.29 is 4.79 Å². The van der Waals surface area contributed by atoms with Crippen molar-refractivity contribution in [2.24, 2.45) is 0 Å². The van der Waals surface area contributed by atoms with E-state index in [4.69, 9.17) is 0 Å². The van der Waals surface area contributed by atoms with Gasteiger partial charge in [0, 0.05) is 26.3 Å². The van der Waals surface area contributed by atoms with E-state index in [0.29, 0.717) is 0 Å². The van der Waals surface area contributed by atoms with Crippen molar-refractivity contribution in [1.29, 1.82) is 0 Å². The molecule has 2 aromatic rings. The Labute approximate surface area is 132 Å². The molecule has 0 aliphatic carbocycles. The van der Waals surface area contributed by atoms with Gasteiger partial charge in [0.2, 0.25) is 5.91 Å². The molecule has 2 aromatic carbocycles. The minimum atomic E-state index is -0.252. The molecular weight excluding hydrogens is 272 g/mol. The third kappa shape index (κ3) is 2.71. The zero-order valence-electron chi connectivity index (χ0n) is 13.2. The lowest BCUT2D eigenvalue weighted by atomic mass is 9.96. The highest BCUT2D eigenvalue weighted by Crippen LogP contribution is 2.34. The molecule has 0 N–H and O–H groups in total. The number of hydrogen-bond donors (Lipinski definition) is 0. The molecule has 1 unspecified atom stereocenters. The summed E-state index contributed by atoms with van der Waals surface area (Å²) < 4.78 is 0. The second kappa shape index (κ2) is 6.22. The fourth-order valence-corrected chi connectivity index (χ4v) is 3.17. The third-order valence-electron chi connectivity index (χ3n) is 4.25. The number of rotatable bonds is 3. The molecule has 0 bridgehead atoms. The number of fused-ring (bicyclic) bond motifs is 1. The number of benzene rings is 2. The number of anilines is 1. The number of nitrogens with zero attached hydrogens (tertiary/aromatic N) is 2. The zero-order valence-corrected chi connectivity index (χ0v) is 13.2. The summed E-state index contributed by atoms with van der Waals surface area (Å²) in [4.78, 5) is 16.8. The molecule has 0 aromatic heterocycles. The fraction of sp³-hybridized carbons (Fsp3) is 0.316. The molecule has 3 nitrogen and oxygen atoms in total. The van der Waals surface area contributed by atoms with Gasteiger partial charge in [0.05, 0.1) is 0 Å². The third-order valence-corrected chi connectivity index (χ3v) is 4.25. The Hall–Kier alpha value is -2.29. The van der Waals surface area contributed by atoms with Gasteiger partial charge in [-0.2, -0.15) is 0 Å². The number of para-hydroxylation sites is 1. The van der Waals surface area contributed by atoms with Crippen LogP contribution in [-0.2, 0) is 11.2 Å². The Kier molecular flexibility index (Phi) is 4.14. The summed E-state index contributed by atoms with van der Waals surface area (Å²) in [5, 5.41) is 0. The van der Waals surface area contributed by atoms with Crippen LogP contribution in [0.25, 0.3) is 0 Å². The van der Waals surface area contributed by atoms with Crippen molar-refractivity contribution in [2.45, 2.75) is 18.9 Å². The summed E-state index contributed by atoms with van der Waals surface area (Å²) in [6, 6.07) is 18.3. The van der Waals surface area contributed by atoms with E-state index >= 15 is 0 Å². The Morgan fingerprint density at radius 2 is 1.73 bits per heavy atom. The molecule has 22 heavy (non-hydrogen) atoms. The van der Waals surface area contributed by atoms with Gasteiger partial charge in [-0.1, -0.05) is 48.5 Å². The number of likely N-dealkylation sites (N-methyl/N-ethyl adjacent to an activating group) is 1. The van der Waals surface area contributed by atoms with Gasteiger partial charge in [0.25, 0.3) is 0 Å². The van der Waals surface area contributed by atoms with Crippen LogP contribution >= 0.6 is 0 Å². The first kappa shape index (κ1) is 14.6. The molecular formula is C19H22N2O. The van der Waals surface area contributed by atoms with Gasteiger partial charge in [-0.15, -0.1) is 0 Å². The molecule has 1 atom stereocenters. The van der Waals surface area contributed by atoms with E-state index in [9.17, 15) is 4.79 Å². The lowest BCUT2D eigenvalue weighted by Crippen LogP contribution is -2.42. The Bertz CT molecular complexity index is 651. The van der Waals surface area contributed by atoms with Gasteiger partial charge in [0.1, 0.15) is 6.04 Å². The first-order valence-electron chi connectivity index (χ1n) is 7.79. The predicted octanol–water partition coefficient (Wildman–Crippen LogP) is 3.27. The van der Waals surface area contributed by atoms with Crippen LogP contribution < -0.4 is 4.90 Å². The van der Waals surface area contributed by atoms with E-state index in [1.165, 1.54) is 11.3 Å². The minimum absolute atomic E-state index is 0.128. The highest BCUT2D eigenvalue weighted by atomic mass is 16.2. The van der Waals surface area contributed by atoms with Gasteiger partial charge >= 0.3 is 0 Å². The Morgan fingerprint density at radius 3 is 2.45 bits per heavy atom. The maximum atomic E-state index is 12.8. The second-order valence-corrected chi connectivity index (χ2v) is 5.97. The minimum Gasteiger partial charge on any atom is -0.356 e. The molecule has 0 fully saturated rings. The van der Waals surface area contributed by atoms with E-state index in [1.54, 1.807) is 4.90 Å². The van der Waals surface area contributed by atoms with Crippen LogP contribution in [0.15, 0.2) is 54.6 Å². The summed E-state index contributed by atoms with van der Waals surface area (Å²) in [5.74, 6) is 0.128. The Morgan fingerprint density at radius 1 is 1.05 bits per heavy atom. The summed E-state index contributed by atoms with van der Waals surface area (Å²) in [6.07, 6.45) is 2.17. The van der Waals surface area contributed by atoms with Gasteiger partial charge in [-0.3, -0.25) is 4.79 Å². The quantitative estimate of drug-likeness (QED) is 0.867. The van der Waals surface area contributed by atoms with Crippen molar-refractivity contribution >= 4 is 11.6 Å². The predicted molar refractivity (Wildman–Crippen MR) is 90.0 cm³/mol. The molecule has 0 spiro atoms. The topological polar surface area (TPSA) is 23.6 Å². The van der Waals surface area contributed by atoms with Crippen LogP contribution in [0.4, 0.5) is 5.69 Å². The maximum Gasteiger partial charge on any atom is 0.249 e.